The van der Waals surface area contributed by atoms with Crippen molar-refractivity contribution in [2.75, 3.05) is 6.54 Å². The van der Waals surface area contributed by atoms with Gasteiger partial charge in [-0.05, 0) is 31.0 Å². The Morgan fingerprint density at radius 1 is 0.872 bits per heavy atom. The number of ether oxygens (including phenoxy) is 4. The maximum absolute atomic E-state index is 10.9. The lowest BCUT2D eigenvalue weighted by Gasteiger charge is -2.36. The van der Waals surface area contributed by atoms with Gasteiger partial charge in [0.05, 0.1) is 13.2 Å². The normalized spacial score (nSPS) is 18.9. The van der Waals surface area contributed by atoms with E-state index in [0.717, 1.165) is 53.1 Å². The van der Waals surface area contributed by atoms with Gasteiger partial charge in [0, 0.05) is 75.6 Å². The standard InChI is InChI=1S/C31H48N2O5Si/c1-29(2,39(7,8)34)16-15-26(33-18-23-12-10-14-25-21-36-31(5,6)38-28(23)25)19-32-17-22-11-9-13-24-20-35-30(3,4)37-27(22)24/h9-14,26,32-34H,15-21H2,1-8H3. The van der Waals surface area contributed by atoms with Crippen molar-refractivity contribution in [3.63, 3.8) is 0 Å². The molecule has 216 valence electrons. The van der Waals surface area contributed by atoms with Crippen LogP contribution in [0.5, 0.6) is 11.5 Å². The van der Waals surface area contributed by atoms with E-state index >= 15 is 0 Å². The quantitative estimate of drug-likeness (QED) is 0.294. The van der Waals surface area contributed by atoms with Gasteiger partial charge in [0.2, 0.25) is 11.6 Å². The van der Waals surface area contributed by atoms with Crippen molar-refractivity contribution < 1.29 is 23.7 Å². The van der Waals surface area contributed by atoms with Crippen molar-refractivity contribution in [1.82, 2.24) is 10.6 Å². The molecule has 0 aliphatic carbocycles. The summed E-state index contributed by atoms with van der Waals surface area (Å²) in [5.74, 6) is 0.589. The van der Waals surface area contributed by atoms with Crippen LogP contribution in [-0.2, 0) is 35.8 Å². The van der Waals surface area contributed by atoms with Gasteiger partial charge in [-0.2, -0.15) is 0 Å². The Balaban J connectivity index is 1.45. The highest BCUT2D eigenvalue weighted by Gasteiger charge is 2.38. The number of para-hydroxylation sites is 2. The van der Waals surface area contributed by atoms with Gasteiger partial charge in [0.1, 0.15) is 11.5 Å². The molecule has 0 amide bonds. The van der Waals surface area contributed by atoms with Crippen LogP contribution in [-0.4, -0.2) is 37.3 Å². The maximum Gasteiger partial charge on any atom is 0.205 e. The van der Waals surface area contributed by atoms with Gasteiger partial charge in [-0.15, -0.1) is 0 Å². The fourth-order valence-corrected chi connectivity index (χ4v) is 5.61. The van der Waals surface area contributed by atoms with Crippen LogP contribution < -0.4 is 20.1 Å². The number of hydrogen-bond donors (Lipinski definition) is 3. The molecule has 2 aliphatic heterocycles. The Bertz CT molecular complexity index is 1140. The molecule has 0 saturated heterocycles. The minimum absolute atomic E-state index is 0.0821. The molecular weight excluding hydrogens is 508 g/mol. The molecule has 39 heavy (non-hydrogen) atoms. The average molecular weight is 557 g/mol. The second-order valence-electron chi connectivity index (χ2n) is 13.1. The Kier molecular flexibility index (Phi) is 8.86. The molecule has 2 aromatic carbocycles. The zero-order valence-electron chi connectivity index (χ0n) is 25.1. The second-order valence-corrected chi connectivity index (χ2v) is 17.6. The van der Waals surface area contributed by atoms with E-state index in [-0.39, 0.29) is 11.1 Å². The monoisotopic (exact) mass is 556 g/mol. The third-order valence-electron chi connectivity index (χ3n) is 8.26. The lowest BCUT2D eigenvalue weighted by molar-refractivity contribution is -0.180. The van der Waals surface area contributed by atoms with Gasteiger partial charge in [0.15, 0.2) is 8.32 Å². The van der Waals surface area contributed by atoms with Gasteiger partial charge in [-0.25, -0.2) is 0 Å². The molecule has 1 atom stereocenters. The molecule has 2 aliphatic rings. The highest BCUT2D eigenvalue weighted by Crippen LogP contribution is 2.40. The van der Waals surface area contributed by atoms with Gasteiger partial charge in [-0.3, -0.25) is 0 Å². The highest BCUT2D eigenvalue weighted by atomic mass is 28.4. The summed E-state index contributed by atoms with van der Waals surface area (Å²) in [6.07, 6.45) is 1.90. The molecule has 3 N–H and O–H groups in total. The lowest BCUT2D eigenvalue weighted by atomic mass is 10.0. The van der Waals surface area contributed by atoms with Gasteiger partial charge in [0.25, 0.3) is 0 Å². The summed E-state index contributed by atoms with van der Waals surface area (Å²) in [7, 11) is -2.30. The van der Waals surface area contributed by atoms with E-state index in [9.17, 15) is 4.80 Å². The van der Waals surface area contributed by atoms with Crippen LogP contribution in [0.15, 0.2) is 36.4 Å². The van der Waals surface area contributed by atoms with Gasteiger partial charge < -0.3 is 34.4 Å². The first kappa shape index (κ1) is 30.0. The summed E-state index contributed by atoms with van der Waals surface area (Å²) in [6, 6.07) is 12.7. The number of rotatable bonds is 11. The van der Waals surface area contributed by atoms with E-state index in [1.165, 1.54) is 0 Å². The molecule has 0 fully saturated rings. The minimum atomic E-state index is -2.30. The number of hydrogen-bond acceptors (Lipinski definition) is 7. The molecule has 7 nitrogen and oxygen atoms in total. The first-order valence-electron chi connectivity index (χ1n) is 14.2. The van der Waals surface area contributed by atoms with Gasteiger partial charge in [-0.1, -0.05) is 50.2 Å². The van der Waals surface area contributed by atoms with Crippen LogP contribution in [0, 0.1) is 0 Å². The number of benzene rings is 2. The maximum atomic E-state index is 10.9. The summed E-state index contributed by atoms with van der Waals surface area (Å²) < 4.78 is 24.1. The summed E-state index contributed by atoms with van der Waals surface area (Å²) in [5, 5.41) is 7.40. The lowest BCUT2D eigenvalue weighted by Crippen LogP contribution is -2.43. The largest absolute Gasteiger partial charge is 0.462 e. The van der Waals surface area contributed by atoms with Crippen molar-refractivity contribution in [3.8, 4) is 11.5 Å². The second kappa shape index (κ2) is 11.5. The zero-order valence-corrected chi connectivity index (χ0v) is 26.1. The average Bonchev–Trinajstić information content (AvgIpc) is 2.84. The van der Waals surface area contributed by atoms with Gasteiger partial charge >= 0.3 is 0 Å². The van der Waals surface area contributed by atoms with Crippen molar-refractivity contribution >= 4 is 8.32 Å². The molecule has 2 heterocycles. The molecular formula is C31H48N2O5Si. The first-order valence-corrected chi connectivity index (χ1v) is 17.1. The number of nitrogens with one attached hydrogen (secondary N) is 2. The predicted molar refractivity (Wildman–Crippen MR) is 157 cm³/mol. The fourth-order valence-electron chi connectivity index (χ4n) is 4.85. The molecule has 0 radical (unpaired) electrons. The van der Waals surface area contributed by atoms with Crippen LogP contribution in [0.1, 0.15) is 76.6 Å². The van der Waals surface area contributed by atoms with Crippen LogP contribution in [0.3, 0.4) is 0 Å². The smallest absolute Gasteiger partial charge is 0.205 e. The van der Waals surface area contributed by atoms with Crippen LogP contribution in [0.2, 0.25) is 18.1 Å². The van der Waals surface area contributed by atoms with Crippen molar-refractivity contribution in [2.45, 2.75) is 116 Å². The molecule has 0 spiro atoms. The van der Waals surface area contributed by atoms with E-state index in [1.807, 2.05) is 40.8 Å². The highest BCUT2D eigenvalue weighted by molar-refractivity contribution is 6.72. The van der Waals surface area contributed by atoms with E-state index in [2.05, 4.69) is 60.9 Å². The summed E-state index contributed by atoms with van der Waals surface area (Å²) in [6.45, 7) is 19.6. The first-order chi connectivity index (χ1) is 18.2. The molecule has 4 rings (SSSR count). The summed E-state index contributed by atoms with van der Waals surface area (Å²) in [5.41, 5.74) is 4.44. The number of fused-ring (bicyclic) bond motifs is 2. The summed E-state index contributed by atoms with van der Waals surface area (Å²) in [4.78, 5) is 10.9. The Hall–Kier alpha value is -1.94. The van der Waals surface area contributed by atoms with Crippen molar-refractivity contribution in [3.05, 3.63) is 58.7 Å². The van der Waals surface area contributed by atoms with E-state index < -0.39 is 19.9 Å². The zero-order chi connectivity index (χ0) is 28.5. The Morgan fingerprint density at radius 3 is 1.90 bits per heavy atom. The topological polar surface area (TPSA) is 81.2 Å². The Labute approximate surface area is 235 Å². The van der Waals surface area contributed by atoms with Crippen molar-refractivity contribution in [1.29, 1.82) is 0 Å². The van der Waals surface area contributed by atoms with E-state index in [0.29, 0.717) is 26.3 Å². The molecule has 0 bridgehead atoms. The van der Waals surface area contributed by atoms with Crippen molar-refractivity contribution in [2.24, 2.45) is 0 Å². The third kappa shape index (κ3) is 7.63. The SMILES string of the molecule is CC1(C)OCc2cccc(CNCC(CCC(C)(C)[Si](C)(C)O)NCc3cccc4c3OC(C)(C)OC4)c2O1. The third-order valence-corrected chi connectivity index (χ3v) is 11.8. The predicted octanol–water partition coefficient (Wildman–Crippen LogP) is 5.98. The minimum Gasteiger partial charge on any atom is -0.462 e. The molecule has 8 heteroatoms. The summed E-state index contributed by atoms with van der Waals surface area (Å²) >= 11 is 0. The van der Waals surface area contributed by atoms with E-state index in [4.69, 9.17) is 18.9 Å². The fraction of sp³-hybridized carbons (Fsp3) is 0.613. The van der Waals surface area contributed by atoms with Crippen LogP contribution in [0.4, 0.5) is 0 Å². The van der Waals surface area contributed by atoms with Crippen LogP contribution in [0.25, 0.3) is 0 Å². The molecule has 2 aromatic rings. The Morgan fingerprint density at radius 2 is 1.38 bits per heavy atom. The van der Waals surface area contributed by atoms with E-state index in [1.54, 1.807) is 0 Å². The molecule has 0 saturated carbocycles. The van der Waals surface area contributed by atoms with Crippen LogP contribution >= 0.6 is 0 Å². The molecule has 0 aromatic heterocycles. The molecule has 1 unspecified atom stereocenters.